The highest BCUT2D eigenvalue weighted by atomic mass is 32.2. The maximum absolute atomic E-state index is 13.5. The van der Waals surface area contributed by atoms with Crippen LogP contribution in [-0.2, 0) is 23.1 Å². The predicted octanol–water partition coefficient (Wildman–Crippen LogP) is 2.38. The second kappa shape index (κ2) is 9.65. The van der Waals surface area contributed by atoms with E-state index in [0.29, 0.717) is 18.7 Å². The molecule has 11 heteroatoms. The molecule has 0 bridgehead atoms. The molecule has 0 N–H and O–H groups in total. The van der Waals surface area contributed by atoms with Gasteiger partial charge in [-0.05, 0) is 32.4 Å². The lowest BCUT2D eigenvalue weighted by Gasteiger charge is -2.13. The first-order valence-corrected chi connectivity index (χ1v) is 11.9. The van der Waals surface area contributed by atoms with Gasteiger partial charge in [0.15, 0.2) is 22.7 Å². The van der Waals surface area contributed by atoms with Crippen molar-refractivity contribution in [3.05, 3.63) is 57.0 Å². The van der Waals surface area contributed by atoms with Crippen molar-refractivity contribution in [1.29, 1.82) is 0 Å². The van der Waals surface area contributed by atoms with E-state index in [0.717, 1.165) is 26.9 Å². The molecule has 3 rings (SSSR count). The zero-order valence-electron chi connectivity index (χ0n) is 19.4. The maximum atomic E-state index is 13.5. The molecule has 0 fully saturated rings. The molecule has 0 saturated carbocycles. The molecule has 1 aromatic carbocycles. The minimum absolute atomic E-state index is 0.0314. The van der Waals surface area contributed by atoms with Crippen LogP contribution in [0.5, 0.6) is 11.5 Å². The van der Waals surface area contributed by atoms with E-state index in [1.807, 2.05) is 20.8 Å². The second-order valence-electron chi connectivity index (χ2n) is 7.72. The summed E-state index contributed by atoms with van der Waals surface area (Å²) in [6.45, 7) is 6.02. The fourth-order valence-corrected chi connectivity index (χ4v) is 4.68. The highest BCUT2D eigenvalue weighted by molar-refractivity contribution is 7.90. The van der Waals surface area contributed by atoms with Crippen LogP contribution in [0, 0.1) is 0 Å². The topological polar surface area (TPSA) is 114 Å². The van der Waals surface area contributed by atoms with E-state index in [-0.39, 0.29) is 28.4 Å². The van der Waals surface area contributed by atoms with Gasteiger partial charge in [0.1, 0.15) is 6.33 Å². The lowest BCUT2D eigenvalue weighted by Crippen LogP contribution is -2.40. The Morgan fingerprint density at radius 2 is 1.79 bits per heavy atom. The first-order valence-electron chi connectivity index (χ1n) is 10.5. The summed E-state index contributed by atoms with van der Waals surface area (Å²) >= 11 is 0. The van der Waals surface area contributed by atoms with Crippen LogP contribution >= 0.6 is 0 Å². The molecule has 0 saturated heterocycles. The molecule has 10 nitrogen and oxygen atoms in total. The number of aryl methyl sites for hydroxylation is 1. The van der Waals surface area contributed by atoms with Crippen molar-refractivity contribution >= 4 is 21.2 Å². The van der Waals surface area contributed by atoms with E-state index in [1.165, 1.54) is 37.0 Å². The number of nitrogens with zero attached hydrogens (tertiary/aromatic N) is 4. The summed E-state index contributed by atoms with van der Waals surface area (Å²) in [7, 11) is -1.38. The van der Waals surface area contributed by atoms with Crippen LogP contribution in [0.2, 0.25) is 0 Å². The summed E-state index contributed by atoms with van der Waals surface area (Å²) in [5.41, 5.74) is -0.458. The van der Waals surface area contributed by atoms with Crippen molar-refractivity contribution in [1.82, 2.24) is 18.1 Å². The fraction of sp³-hybridized carbons (Fsp3) is 0.409. The molecule has 0 atom stereocenters. The quantitative estimate of drug-likeness (QED) is 0.436. The van der Waals surface area contributed by atoms with Crippen LogP contribution in [0.25, 0.3) is 11.2 Å². The van der Waals surface area contributed by atoms with Gasteiger partial charge in [0.2, 0.25) is 0 Å². The normalized spacial score (nSPS) is 11.5. The van der Waals surface area contributed by atoms with Gasteiger partial charge in [-0.15, -0.1) is 0 Å². The largest absolute Gasteiger partial charge is 0.493 e. The Morgan fingerprint density at radius 3 is 2.39 bits per heavy atom. The van der Waals surface area contributed by atoms with Crippen LogP contribution in [0.15, 0.2) is 50.7 Å². The number of allylic oxidation sites excluding steroid dienone is 2. The summed E-state index contributed by atoms with van der Waals surface area (Å²) in [5.74, 6) is 0.591. The van der Waals surface area contributed by atoms with Crippen LogP contribution < -0.4 is 20.7 Å². The third-order valence-electron chi connectivity index (χ3n) is 5.21. The van der Waals surface area contributed by atoms with Crippen molar-refractivity contribution in [2.24, 2.45) is 0 Å². The number of unbranched alkanes of at least 4 members (excludes halogenated alkanes) is 1. The number of fused-ring (bicyclic) bond motifs is 1. The van der Waals surface area contributed by atoms with Gasteiger partial charge in [0.25, 0.3) is 15.6 Å². The third-order valence-corrected chi connectivity index (χ3v) is 6.86. The number of aromatic nitrogens is 4. The molecule has 0 aliphatic heterocycles. The monoisotopic (exact) mass is 476 g/mol. The van der Waals surface area contributed by atoms with Gasteiger partial charge < -0.3 is 9.47 Å². The van der Waals surface area contributed by atoms with E-state index >= 15 is 0 Å². The lowest BCUT2D eigenvalue weighted by atomic mass is 10.3. The maximum Gasteiger partial charge on any atom is 0.333 e. The van der Waals surface area contributed by atoms with Gasteiger partial charge in [-0.2, -0.15) is 0 Å². The van der Waals surface area contributed by atoms with Crippen LogP contribution in [0.1, 0.15) is 33.6 Å². The molecule has 0 unspecified atom stereocenters. The number of hydrogen-bond acceptors (Lipinski definition) is 7. The number of hydrogen-bond donors (Lipinski definition) is 0. The highest BCUT2D eigenvalue weighted by Gasteiger charge is 2.26. The van der Waals surface area contributed by atoms with Gasteiger partial charge >= 0.3 is 5.69 Å². The van der Waals surface area contributed by atoms with Crippen LogP contribution in [0.4, 0.5) is 0 Å². The first-order chi connectivity index (χ1) is 15.7. The Hall–Kier alpha value is -3.34. The Bertz CT molecular complexity index is 1430. The van der Waals surface area contributed by atoms with Gasteiger partial charge in [-0.25, -0.2) is 22.2 Å². The summed E-state index contributed by atoms with van der Waals surface area (Å²) in [5, 5.41) is 0. The average molecular weight is 477 g/mol. The summed E-state index contributed by atoms with van der Waals surface area (Å²) in [6.07, 6.45) is 4.28. The molecule has 0 aliphatic carbocycles. The Morgan fingerprint density at radius 1 is 1.09 bits per heavy atom. The van der Waals surface area contributed by atoms with Gasteiger partial charge in [-0.3, -0.25) is 13.9 Å². The zero-order chi connectivity index (χ0) is 24.3. The molecule has 178 valence electrons. The smallest absolute Gasteiger partial charge is 0.333 e. The van der Waals surface area contributed by atoms with Gasteiger partial charge in [0, 0.05) is 19.2 Å². The number of imidazole rings is 1. The van der Waals surface area contributed by atoms with Gasteiger partial charge in [-0.1, -0.05) is 25.0 Å². The average Bonchev–Trinajstić information content (AvgIpc) is 3.24. The molecule has 0 aliphatic rings. The lowest BCUT2D eigenvalue weighted by molar-refractivity contribution is 0.354. The van der Waals surface area contributed by atoms with E-state index < -0.39 is 21.3 Å². The van der Waals surface area contributed by atoms with Gasteiger partial charge in [0.05, 0.1) is 19.1 Å². The van der Waals surface area contributed by atoms with Crippen molar-refractivity contribution in [2.45, 2.75) is 51.6 Å². The Kier molecular flexibility index (Phi) is 7.11. The molecular formula is C22H28N4O6S. The summed E-state index contributed by atoms with van der Waals surface area (Å²) in [4.78, 5) is 30.4. The highest BCUT2D eigenvalue weighted by Crippen LogP contribution is 2.30. The van der Waals surface area contributed by atoms with Crippen molar-refractivity contribution in [2.75, 3.05) is 14.2 Å². The number of rotatable bonds is 9. The number of benzene rings is 1. The zero-order valence-corrected chi connectivity index (χ0v) is 20.2. The standard InChI is InChI=1S/C22H28N4O6S/c1-6-7-11-24-20-19(21(27)25(22(24)28)12-10-15(2)3)26(14-23-20)33(29,30)16-8-9-17(31-4)18(13-16)32-5/h8-10,13-14H,6-7,11-12H2,1-5H3. The molecule has 0 radical (unpaired) electrons. The third kappa shape index (κ3) is 4.45. The molecule has 2 aromatic heterocycles. The molecule has 2 heterocycles. The fourth-order valence-electron chi connectivity index (χ4n) is 3.39. The Labute approximate surface area is 191 Å². The minimum Gasteiger partial charge on any atom is -0.493 e. The van der Waals surface area contributed by atoms with Crippen molar-refractivity contribution < 1.29 is 17.9 Å². The predicted molar refractivity (Wildman–Crippen MR) is 125 cm³/mol. The van der Waals surface area contributed by atoms with Crippen LogP contribution in [-0.4, -0.2) is 40.7 Å². The number of methoxy groups -OCH3 is 2. The SMILES string of the molecule is CCCCn1c(=O)n(CC=C(C)C)c(=O)c2c1ncn2S(=O)(=O)c1ccc(OC)c(OC)c1. The Balaban J connectivity index is 2.32. The number of ether oxygens (including phenoxy) is 2. The molecule has 33 heavy (non-hydrogen) atoms. The van der Waals surface area contributed by atoms with E-state index in [4.69, 9.17) is 9.47 Å². The van der Waals surface area contributed by atoms with Crippen molar-refractivity contribution in [3.63, 3.8) is 0 Å². The molecule has 0 spiro atoms. The van der Waals surface area contributed by atoms with Crippen LogP contribution in [0.3, 0.4) is 0 Å². The van der Waals surface area contributed by atoms with E-state index in [1.54, 1.807) is 6.08 Å². The summed E-state index contributed by atoms with van der Waals surface area (Å²) < 4.78 is 40.6. The summed E-state index contributed by atoms with van der Waals surface area (Å²) in [6, 6.07) is 4.14. The van der Waals surface area contributed by atoms with E-state index in [9.17, 15) is 18.0 Å². The molecule has 0 amide bonds. The molecule has 3 aromatic rings. The first kappa shape index (κ1) is 24.3. The van der Waals surface area contributed by atoms with Crippen molar-refractivity contribution in [3.8, 4) is 11.5 Å². The second-order valence-corrected chi connectivity index (χ2v) is 9.53. The molecular weight excluding hydrogens is 448 g/mol. The minimum atomic E-state index is -4.23. The van der Waals surface area contributed by atoms with E-state index in [2.05, 4.69) is 4.98 Å².